The van der Waals surface area contributed by atoms with Gasteiger partial charge in [0.15, 0.2) is 16.6 Å². The summed E-state index contributed by atoms with van der Waals surface area (Å²) in [6.45, 7) is 3.40. The summed E-state index contributed by atoms with van der Waals surface area (Å²) >= 11 is 1.19. The number of methoxy groups -OCH3 is 1. The molecule has 1 heterocycles. The molecule has 2 rings (SSSR count). The first-order valence-corrected chi connectivity index (χ1v) is 7.86. The zero-order valence-electron chi connectivity index (χ0n) is 12.5. The number of carbonyl (C=O) groups excluding carboxylic acids is 2. The second kappa shape index (κ2) is 7.00. The number of carbonyl (C=O) groups is 2. The van der Waals surface area contributed by atoms with Gasteiger partial charge >= 0.3 is 5.97 Å². The van der Waals surface area contributed by atoms with Gasteiger partial charge in [0.05, 0.1) is 18.8 Å². The highest BCUT2D eigenvalue weighted by Crippen LogP contribution is 2.29. The Kier molecular flexibility index (Phi) is 5.30. The van der Waals surface area contributed by atoms with Crippen molar-refractivity contribution in [3.8, 4) is 0 Å². The monoisotopic (exact) mass is 312 g/mol. The lowest BCUT2D eigenvalue weighted by Gasteiger charge is -2.18. The largest absolute Gasteiger partial charge is 0.461 e. The fourth-order valence-electron chi connectivity index (χ4n) is 2.49. The van der Waals surface area contributed by atoms with Crippen LogP contribution in [0.25, 0.3) is 0 Å². The molecule has 0 spiro atoms. The molecular weight excluding hydrogens is 292 g/mol. The Labute approximate surface area is 127 Å². The molecule has 0 aromatic carbocycles. The summed E-state index contributed by atoms with van der Waals surface area (Å²) in [7, 11) is 1.69. The van der Waals surface area contributed by atoms with E-state index in [0.717, 1.165) is 19.3 Å². The number of esters is 1. The Morgan fingerprint density at radius 2 is 2.19 bits per heavy atom. The van der Waals surface area contributed by atoms with Crippen molar-refractivity contribution >= 4 is 28.2 Å². The number of ether oxygens (including phenoxy) is 2. The highest BCUT2D eigenvalue weighted by molar-refractivity contribution is 7.17. The maximum atomic E-state index is 11.9. The van der Waals surface area contributed by atoms with Gasteiger partial charge in [-0.25, -0.2) is 9.78 Å². The van der Waals surface area contributed by atoms with Crippen molar-refractivity contribution in [3.05, 3.63) is 10.6 Å². The van der Waals surface area contributed by atoms with Crippen molar-refractivity contribution in [2.75, 3.05) is 19.0 Å². The lowest BCUT2D eigenvalue weighted by Crippen LogP contribution is -2.29. The van der Waals surface area contributed by atoms with Crippen molar-refractivity contribution < 1.29 is 19.1 Å². The van der Waals surface area contributed by atoms with Crippen molar-refractivity contribution in [1.29, 1.82) is 0 Å². The average molecular weight is 312 g/mol. The van der Waals surface area contributed by atoms with Gasteiger partial charge in [-0.05, 0) is 26.2 Å². The summed E-state index contributed by atoms with van der Waals surface area (Å²) in [5, 5.41) is 3.84. The molecule has 0 radical (unpaired) electrons. The van der Waals surface area contributed by atoms with Gasteiger partial charge in [0.25, 0.3) is 0 Å². The van der Waals surface area contributed by atoms with E-state index in [1.54, 1.807) is 14.0 Å². The van der Waals surface area contributed by atoms with E-state index in [4.69, 9.17) is 9.47 Å². The van der Waals surface area contributed by atoms with E-state index in [2.05, 4.69) is 10.3 Å². The Bertz CT molecular complexity index is 529. The van der Waals surface area contributed by atoms with E-state index in [0.29, 0.717) is 10.0 Å². The summed E-state index contributed by atoms with van der Waals surface area (Å²) in [5.74, 6) is -0.736. The Morgan fingerprint density at radius 3 is 2.81 bits per heavy atom. The fraction of sp³-hybridized carbons (Fsp3) is 0.643. The van der Waals surface area contributed by atoms with Crippen LogP contribution in [0.1, 0.15) is 53.3 Å². The van der Waals surface area contributed by atoms with Crippen LogP contribution in [0.5, 0.6) is 0 Å². The van der Waals surface area contributed by atoms with Crippen LogP contribution in [0.4, 0.5) is 5.13 Å². The fourth-order valence-corrected chi connectivity index (χ4v) is 3.40. The number of rotatable bonds is 6. The molecule has 7 heteroatoms. The second-order valence-electron chi connectivity index (χ2n) is 4.93. The molecule has 2 atom stereocenters. The number of hydrogen-bond acceptors (Lipinski definition) is 7. The number of ketones is 1. The van der Waals surface area contributed by atoms with Crippen LogP contribution in [-0.4, -0.2) is 42.6 Å². The molecule has 1 aliphatic rings. The molecule has 0 bridgehead atoms. The van der Waals surface area contributed by atoms with Crippen LogP contribution in [0, 0.1) is 0 Å². The van der Waals surface area contributed by atoms with Gasteiger partial charge in [-0.15, -0.1) is 0 Å². The minimum atomic E-state index is -0.554. The van der Waals surface area contributed by atoms with E-state index in [1.807, 2.05) is 0 Å². The summed E-state index contributed by atoms with van der Waals surface area (Å²) in [5.41, 5.74) is 0.101. The number of Topliss-reactive ketones (excluding diaryl/α,β-unsaturated/α-hetero) is 1. The summed E-state index contributed by atoms with van der Waals surface area (Å²) < 4.78 is 10.4. The minimum Gasteiger partial charge on any atom is -0.461 e. The SMILES string of the molecule is CCOC(=O)c1nc(NC2CCCC2OC)sc1C(C)=O. The predicted molar refractivity (Wildman–Crippen MR) is 80.1 cm³/mol. The minimum absolute atomic E-state index is 0.101. The summed E-state index contributed by atoms with van der Waals surface area (Å²) in [6.07, 6.45) is 3.22. The maximum absolute atomic E-state index is 11.9. The molecule has 1 aromatic heterocycles. The van der Waals surface area contributed by atoms with Crippen LogP contribution in [-0.2, 0) is 9.47 Å². The molecule has 0 saturated heterocycles. The van der Waals surface area contributed by atoms with E-state index in [1.165, 1.54) is 18.3 Å². The average Bonchev–Trinajstić information content (AvgIpc) is 3.06. The van der Waals surface area contributed by atoms with Crippen molar-refractivity contribution in [3.63, 3.8) is 0 Å². The number of nitrogens with zero attached hydrogens (tertiary/aromatic N) is 1. The van der Waals surface area contributed by atoms with Gasteiger partial charge in [-0.2, -0.15) is 0 Å². The molecule has 1 aliphatic carbocycles. The van der Waals surface area contributed by atoms with E-state index < -0.39 is 5.97 Å². The number of aromatic nitrogens is 1. The van der Waals surface area contributed by atoms with Crippen LogP contribution in [0.15, 0.2) is 0 Å². The third-order valence-corrected chi connectivity index (χ3v) is 4.57. The van der Waals surface area contributed by atoms with Gasteiger partial charge < -0.3 is 14.8 Å². The lowest BCUT2D eigenvalue weighted by atomic mass is 10.2. The van der Waals surface area contributed by atoms with Crippen molar-refractivity contribution in [1.82, 2.24) is 4.98 Å². The van der Waals surface area contributed by atoms with Gasteiger partial charge in [0, 0.05) is 14.0 Å². The number of anilines is 1. The summed E-state index contributed by atoms with van der Waals surface area (Å²) in [4.78, 5) is 28.1. The third kappa shape index (κ3) is 3.59. The highest BCUT2D eigenvalue weighted by atomic mass is 32.1. The Balaban J connectivity index is 2.19. The van der Waals surface area contributed by atoms with Crippen molar-refractivity contribution in [2.45, 2.75) is 45.3 Å². The van der Waals surface area contributed by atoms with Crippen LogP contribution >= 0.6 is 11.3 Å². The molecule has 1 saturated carbocycles. The molecule has 1 aromatic rings. The van der Waals surface area contributed by atoms with E-state index >= 15 is 0 Å². The molecule has 1 fully saturated rings. The first-order chi connectivity index (χ1) is 10.1. The van der Waals surface area contributed by atoms with E-state index in [-0.39, 0.29) is 30.2 Å². The first-order valence-electron chi connectivity index (χ1n) is 7.05. The van der Waals surface area contributed by atoms with Crippen LogP contribution in [0.2, 0.25) is 0 Å². The molecule has 6 nitrogen and oxygen atoms in total. The van der Waals surface area contributed by atoms with Gasteiger partial charge in [0.1, 0.15) is 4.88 Å². The molecule has 2 unspecified atom stereocenters. The quantitative estimate of drug-likeness (QED) is 0.642. The Morgan fingerprint density at radius 1 is 1.43 bits per heavy atom. The van der Waals surface area contributed by atoms with Crippen LogP contribution in [0.3, 0.4) is 0 Å². The third-order valence-electron chi connectivity index (χ3n) is 3.48. The molecule has 21 heavy (non-hydrogen) atoms. The smallest absolute Gasteiger partial charge is 0.358 e. The predicted octanol–water partition coefficient (Wildman–Crippen LogP) is 2.50. The number of thiazole rings is 1. The topological polar surface area (TPSA) is 77.5 Å². The lowest BCUT2D eigenvalue weighted by molar-refractivity contribution is 0.0517. The van der Waals surface area contributed by atoms with Gasteiger partial charge in [-0.1, -0.05) is 11.3 Å². The van der Waals surface area contributed by atoms with Gasteiger partial charge in [0.2, 0.25) is 0 Å². The first kappa shape index (κ1) is 15.9. The normalized spacial score (nSPS) is 21.3. The molecule has 116 valence electrons. The maximum Gasteiger partial charge on any atom is 0.358 e. The second-order valence-corrected chi connectivity index (χ2v) is 5.93. The van der Waals surface area contributed by atoms with Gasteiger partial charge in [-0.3, -0.25) is 4.79 Å². The number of nitrogens with one attached hydrogen (secondary N) is 1. The molecular formula is C14H20N2O4S. The summed E-state index contributed by atoms with van der Waals surface area (Å²) in [6, 6.07) is 0.163. The number of hydrogen-bond donors (Lipinski definition) is 1. The van der Waals surface area contributed by atoms with Crippen molar-refractivity contribution in [2.24, 2.45) is 0 Å². The van der Waals surface area contributed by atoms with E-state index in [9.17, 15) is 9.59 Å². The Hall–Kier alpha value is -1.47. The highest BCUT2D eigenvalue weighted by Gasteiger charge is 2.29. The molecule has 1 N–H and O–H groups in total. The zero-order valence-corrected chi connectivity index (χ0v) is 13.3. The molecule has 0 aliphatic heterocycles. The standard InChI is InChI=1S/C14H20N2O4S/c1-4-20-13(18)11-12(8(2)17)21-14(16-11)15-9-6-5-7-10(9)19-3/h9-10H,4-7H2,1-3H3,(H,15,16). The zero-order chi connectivity index (χ0) is 15.4. The molecule has 0 amide bonds. The van der Waals surface area contributed by atoms with Crippen LogP contribution < -0.4 is 5.32 Å².